The molecule has 0 N–H and O–H groups in total. The number of nitrogens with zero attached hydrogens (tertiary/aromatic N) is 4. The van der Waals surface area contributed by atoms with Crippen molar-refractivity contribution < 1.29 is 0 Å². The van der Waals surface area contributed by atoms with Gasteiger partial charge in [-0.05, 0) is 24.6 Å². The van der Waals surface area contributed by atoms with Gasteiger partial charge in [-0.15, -0.1) is 10.2 Å². The number of hydrogen-bond donors (Lipinski definition) is 0. The van der Waals surface area contributed by atoms with Gasteiger partial charge in [0.2, 0.25) is 5.13 Å². The van der Waals surface area contributed by atoms with E-state index in [4.69, 9.17) is 0 Å². The van der Waals surface area contributed by atoms with Crippen LogP contribution in [0, 0.1) is 0 Å². The molecule has 110 valence electrons. The summed E-state index contributed by atoms with van der Waals surface area (Å²) in [5.41, 5.74) is 2.16. The van der Waals surface area contributed by atoms with Crippen LogP contribution in [0.15, 0.2) is 55.2 Å². The summed E-state index contributed by atoms with van der Waals surface area (Å²) in [6.45, 7) is 6.64. The second-order valence-electron chi connectivity index (χ2n) is 4.65. The highest BCUT2D eigenvalue weighted by Gasteiger charge is 2.14. The Morgan fingerprint density at radius 3 is 2.59 bits per heavy atom. The van der Waals surface area contributed by atoms with Crippen molar-refractivity contribution in [3.8, 4) is 10.6 Å². The smallest absolute Gasteiger partial charge is 0.214 e. The van der Waals surface area contributed by atoms with E-state index >= 15 is 0 Å². The van der Waals surface area contributed by atoms with Crippen molar-refractivity contribution in [3.63, 3.8) is 0 Å². The standard InChI is InChI=1S/C17H16N4S/c1-3-13-8-10-14(11-9-13)16-19-20-17(22-16)21(4-2)15-7-5-6-12-18-15/h3,5-12H,1,4H2,2H3. The first-order valence-electron chi connectivity index (χ1n) is 7.06. The van der Waals surface area contributed by atoms with Gasteiger partial charge in [-0.2, -0.15) is 0 Å². The lowest BCUT2D eigenvalue weighted by Crippen LogP contribution is -2.16. The highest BCUT2D eigenvalue weighted by molar-refractivity contribution is 7.18. The number of benzene rings is 1. The maximum Gasteiger partial charge on any atom is 0.214 e. The minimum absolute atomic E-state index is 0.793. The van der Waals surface area contributed by atoms with Gasteiger partial charge in [-0.25, -0.2) is 4.98 Å². The Hall–Kier alpha value is -2.53. The van der Waals surface area contributed by atoms with E-state index in [1.165, 1.54) is 0 Å². The normalized spacial score (nSPS) is 10.4. The van der Waals surface area contributed by atoms with Crippen LogP contribution in [-0.2, 0) is 0 Å². The molecule has 1 aromatic carbocycles. The van der Waals surface area contributed by atoms with Crippen molar-refractivity contribution in [1.29, 1.82) is 0 Å². The Morgan fingerprint density at radius 1 is 1.14 bits per heavy atom. The lowest BCUT2D eigenvalue weighted by atomic mass is 10.1. The molecule has 22 heavy (non-hydrogen) atoms. The van der Waals surface area contributed by atoms with Crippen LogP contribution in [0.1, 0.15) is 12.5 Å². The summed E-state index contributed by atoms with van der Waals surface area (Å²) in [4.78, 5) is 6.44. The van der Waals surface area contributed by atoms with Crippen LogP contribution < -0.4 is 4.90 Å². The van der Waals surface area contributed by atoms with Gasteiger partial charge in [0.05, 0.1) is 0 Å². The lowest BCUT2D eigenvalue weighted by molar-refractivity contribution is 0.950. The molecule has 0 radical (unpaired) electrons. The first-order chi connectivity index (χ1) is 10.8. The molecular formula is C17H16N4S. The molecule has 5 heteroatoms. The van der Waals surface area contributed by atoms with Gasteiger partial charge in [-0.1, -0.05) is 54.3 Å². The van der Waals surface area contributed by atoms with Crippen LogP contribution >= 0.6 is 11.3 Å². The topological polar surface area (TPSA) is 41.9 Å². The fourth-order valence-corrected chi connectivity index (χ4v) is 3.03. The molecule has 0 unspecified atom stereocenters. The fraction of sp³-hybridized carbons (Fsp3) is 0.118. The average molecular weight is 308 g/mol. The molecule has 0 saturated carbocycles. The van der Waals surface area contributed by atoms with Crippen LogP contribution in [0.25, 0.3) is 16.6 Å². The molecule has 0 amide bonds. The van der Waals surface area contributed by atoms with E-state index in [1.807, 2.05) is 48.5 Å². The van der Waals surface area contributed by atoms with Crippen molar-refractivity contribution in [2.75, 3.05) is 11.4 Å². The van der Waals surface area contributed by atoms with Gasteiger partial charge in [-0.3, -0.25) is 0 Å². The van der Waals surface area contributed by atoms with E-state index in [0.29, 0.717) is 0 Å². The van der Waals surface area contributed by atoms with Crippen LogP contribution in [0.5, 0.6) is 0 Å². The SMILES string of the molecule is C=Cc1ccc(-c2nnc(N(CC)c3ccccn3)s2)cc1. The molecule has 0 aliphatic heterocycles. The maximum atomic E-state index is 4.38. The number of hydrogen-bond acceptors (Lipinski definition) is 5. The number of pyridine rings is 1. The predicted molar refractivity (Wildman–Crippen MR) is 92.4 cm³/mol. The van der Waals surface area contributed by atoms with Crippen LogP contribution in [0.4, 0.5) is 10.9 Å². The quantitative estimate of drug-likeness (QED) is 0.700. The first-order valence-corrected chi connectivity index (χ1v) is 7.88. The zero-order valence-corrected chi connectivity index (χ0v) is 13.1. The fourth-order valence-electron chi connectivity index (χ4n) is 2.11. The highest BCUT2D eigenvalue weighted by atomic mass is 32.1. The minimum Gasteiger partial charge on any atom is -0.301 e. The number of aromatic nitrogens is 3. The number of rotatable bonds is 5. The van der Waals surface area contributed by atoms with E-state index in [9.17, 15) is 0 Å². The second kappa shape index (κ2) is 6.49. The van der Waals surface area contributed by atoms with E-state index in [-0.39, 0.29) is 0 Å². The van der Waals surface area contributed by atoms with Gasteiger partial charge in [0.25, 0.3) is 0 Å². The zero-order chi connectivity index (χ0) is 15.4. The van der Waals surface area contributed by atoms with Crippen LogP contribution in [0.2, 0.25) is 0 Å². The molecule has 0 atom stereocenters. The molecule has 2 aromatic heterocycles. The summed E-state index contributed by atoms with van der Waals surface area (Å²) >= 11 is 1.56. The molecule has 2 heterocycles. The Labute approximate surface area is 133 Å². The third-order valence-electron chi connectivity index (χ3n) is 3.28. The van der Waals surface area contributed by atoms with Gasteiger partial charge in [0, 0.05) is 18.3 Å². The van der Waals surface area contributed by atoms with Crippen LogP contribution in [-0.4, -0.2) is 21.7 Å². The summed E-state index contributed by atoms with van der Waals surface area (Å²) in [6, 6.07) is 14.0. The van der Waals surface area contributed by atoms with E-state index in [2.05, 4.69) is 33.6 Å². The monoisotopic (exact) mass is 308 g/mol. The van der Waals surface area contributed by atoms with Gasteiger partial charge >= 0.3 is 0 Å². The average Bonchev–Trinajstić information content (AvgIpc) is 3.06. The Balaban J connectivity index is 1.90. The van der Waals surface area contributed by atoms with E-state index in [1.54, 1.807) is 17.5 Å². The zero-order valence-electron chi connectivity index (χ0n) is 12.3. The molecule has 0 spiro atoms. The molecule has 0 aliphatic rings. The molecule has 0 aliphatic carbocycles. The Morgan fingerprint density at radius 2 is 1.95 bits per heavy atom. The van der Waals surface area contributed by atoms with Gasteiger partial charge in [0.15, 0.2) is 0 Å². The van der Waals surface area contributed by atoms with E-state index in [0.717, 1.165) is 33.6 Å². The minimum atomic E-state index is 0.793. The second-order valence-corrected chi connectivity index (χ2v) is 5.60. The summed E-state index contributed by atoms with van der Waals surface area (Å²) in [5.74, 6) is 0.884. The van der Waals surface area contributed by atoms with Gasteiger partial charge in [0.1, 0.15) is 10.8 Å². The predicted octanol–water partition coefficient (Wildman–Crippen LogP) is 4.40. The largest absolute Gasteiger partial charge is 0.301 e. The van der Waals surface area contributed by atoms with E-state index < -0.39 is 0 Å². The maximum absolute atomic E-state index is 4.38. The van der Waals surface area contributed by atoms with Crippen molar-refractivity contribution in [1.82, 2.24) is 15.2 Å². The van der Waals surface area contributed by atoms with Crippen molar-refractivity contribution in [2.24, 2.45) is 0 Å². The van der Waals surface area contributed by atoms with Crippen molar-refractivity contribution in [2.45, 2.75) is 6.92 Å². The number of anilines is 2. The molecule has 0 saturated heterocycles. The Kier molecular flexibility index (Phi) is 4.25. The molecule has 3 aromatic rings. The summed E-state index contributed by atoms with van der Waals surface area (Å²) in [5, 5.41) is 10.4. The molecule has 0 bridgehead atoms. The third kappa shape index (κ3) is 2.89. The first kappa shape index (κ1) is 14.4. The summed E-state index contributed by atoms with van der Waals surface area (Å²) in [6.07, 6.45) is 3.61. The lowest BCUT2D eigenvalue weighted by Gasteiger charge is -2.17. The Bertz CT molecular complexity index is 750. The molecule has 4 nitrogen and oxygen atoms in total. The summed E-state index contributed by atoms with van der Waals surface area (Å²) < 4.78 is 0. The summed E-state index contributed by atoms with van der Waals surface area (Å²) in [7, 11) is 0. The third-order valence-corrected chi connectivity index (χ3v) is 4.28. The molecular weight excluding hydrogens is 292 g/mol. The molecule has 3 rings (SSSR count). The van der Waals surface area contributed by atoms with Crippen molar-refractivity contribution >= 4 is 28.4 Å². The van der Waals surface area contributed by atoms with Crippen molar-refractivity contribution in [3.05, 3.63) is 60.8 Å². The highest BCUT2D eigenvalue weighted by Crippen LogP contribution is 2.31. The molecule has 0 fully saturated rings. The van der Waals surface area contributed by atoms with Gasteiger partial charge < -0.3 is 4.90 Å². The van der Waals surface area contributed by atoms with Crippen LogP contribution in [0.3, 0.4) is 0 Å².